The predicted octanol–water partition coefficient (Wildman–Crippen LogP) is 9.04. The molecule has 0 aliphatic carbocycles. The third-order valence-corrected chi connectivity index (χ3v) is 12.8. The summed E-state index contributed by atoms with van der Waals surface area (Å²) in [7, 11) is 4.10. The van der Waals surface area contributed by atoms with Crippen LogP contribution in [-0.2, 0) is 24.1 Å². The molecule has 5 aromatic carbocycles. The summed E-state index contributed by atoms with van der Waals surface area (Å²) >= 11 is 1.33. The van der Waals surface area contributed by atoms with E-state index in [1.165, 1.54) is 69.5 Å². The summed E-state index contributed by atoms with van der Waals surface area (Å²) in [6.07, 6.45) is 5.06. The molecule has 0 saturated carbocycles. The molecular weight excluding hydrogens is 808 g/mol. The van der Waals surface area contributed by atoms with E-state index in [-0.39, 0.29) is 15.8 Å². The first-order valence-electron chi connectivity index (χ1n) is 15.7. The topological polar surface area (TPSA) is 38.9 Å². The van der Waals surface area contributed by atoms with Gasteiger partial charge in [-0.2, -0.15) is 0 Å². The van der Waals surface area contributed by atoms with Crippen molar-refractivity contribution in [2.75, 3.05) is 12.3 Å². The molecule has 0 amide bonds. The average Bonchev–Trinajstić information content (AvgIpc) is 3.16. The summed E-state index contributed by atoms with van der Waals surface area (Å²) in [6.45, 7) is 2.52. The number of nitrogens with zero attached hydrogens (tertiary/aromatic N) is 1. The minimum atomic E-state index is -0.283. The van der Waals surface area contributed by atoms with Crippen LogP contribution < -0.4 is 27.0 Å². The van der Waals surface area contributed by atoms with Crippen molar-refractivity contribution in [3.05, 3.63) is 175 Å². The van der Waals surface area contributed by atoms with Crippen molar-refractivity contribution in [3.63, 3.8) is 0 Å². The molecule has 0 fully saturated rings. The first kappa shape index (κ1) is 36.8. The first-order valence-corrected chi connectivity index (χ1v) is 21.9. The Balaban J connectivity index is 0.000000246. The maximum absolute atomic E-state index is 5.55. The van der Waals surface area contributed by atoms with Crippen LogP contribution in [0.1, 0.15) is 24.1 Å². The molecule has 0 atom stereocenters. The number of pyridine rings is 1. The Kier molecular flexibility index (Phi) is 16.5. The van der Waals surface area contributed by atoms with Crippen molar-refractivity contribution in [2.24, 2.45) is 5.73 Å². The van der Waals surface area contributed by atoms with E-state index in [2.05, 4.69) is 148 Å². The molecule has 0 aliphatic heterocycles. The number of hydrogen-bond acceptors (Lipinski definition) is 2. The zero-order chi connectivity index (χ0) is 33.1. The van der Waals surface area contributed by atoms with E-state index in [1.54, 1.807) is 0 Å². The van der Waals surface area contributed by atoms with E-state index in [4.69, 9.17) is 5.73 Å². The Bertz CT molecular complexity index is 1530. The molecule has 1 heterocycles. The molecule has 0 radical (unpaired) electrons. The Labute approximate surface area is 298 Å². The second kappa shape index (κ2) is 21.1. The van der Waals surface area contributed by atoms with Crippen LogP contribution in [-0.4, -0.2) is 17.3 Å². The van der Waals surface area contributed by atoms with Crippen molar-refractivity contribution in [1.29, 1.82) is 0 Å². The minimum absolute atomic E-state index is 0.283. The third-order valence-electron chi connectivity index (χ3n) is 7.54. The van der Waals surface area contributed by atoms with Crippen LogP contribution in [0.15, 0.2) is 158 Å². The Morgan fingerprint density at radius 3 is 1.36 bits per heavy atom. The number of aromatic nitrogens is 1. The number of halogens is 1. The molecule has 0 saturated heterocycles. The van der Waals surface area contributed by atoms with E-state index in [9.17, 15) is 0 Å². The van der Waals surface area contributed by atoms with Crippen molar-refractivity contribution in [3.8, 4) is 11.3 Å². The molecule has 6 heteroatoms. The summed E-state index contributed by atoms with van der Waals surface area (Å²) in [4.78, 5) is 4.43. The number of hydrogen-bond donors (Lipinski definition) is 1. The van der Waals surface area contributed by atoms with E-state index in [0.717, 1.165) is 17.0 Å². The second-order valence-corrected chi connectivity index (χ2v) is 15.5. The fraction of sp³-hybridized carbons (Fsp3) is 0.146. The van der Waals surface area contributed by atoms with Gasteiger partial charge in [-0.25, -0.2) is 0 Å². The monoisotopic (exact) mass is 850 g/mol. The SMILES string of the molecule is Cc1c[c-]c(-c2cccc(CN)n2)cc1.[Cl][Os].c1ccc(P(CCCCP(c2ccccc2)c2ccccc2)c2ccccc2)cc1. The summed E-state index contributed by atoms with van der Waals surface area (Å²) in [5.41, 5.74) is 9.59. The van der Waals surface area contributed by atoms with Crippen LogP contribution >= 0.6 is 25.5 Å². The Hall–Kier alpha value is -3.00. The molecule has 0 spiro atoms. The molecule has 6 aromatic rings. The molecule has 6 rings (SSSR count). The van der Waals surface area contributed by atoms with Gasteiger partial charge in [0.2, 0.25) is 0 Å². The number of aryl methyl sites for hydroxylation is 1. The largest absolute Gasteiger partial charge is 0.0622 e. The number of rotatable bonds is 11. The van der Waals surface area contributed by atoms with Crippen LogP contribution in [0, 0.1) is 13.0 Å². The smallest absolute Gasteiger partial charge is 0.0195 e. The molecule has 2 N–H and O–H groups in total. The molecule has 0 aliphatic rings. The van der Waals surface area contributed by atoms with E-state index in [0.29, 0.717) is 6.54 Å². The van der Waals surface area contributed by atoms with Crippen LogP contribution in [0.2, 0.25) is 0 Å². The van der Waals surface area contributed by atoms with Crippen molar-refractivity contribution < 1.29 is 17.6 Å². The maximum Gasteiger partial charge on any atom is -0.0195 e. The quantitative estimate of drug-likeness (QED) is 0.0804. The molecular formula is C41H41ClN2OsP2-. The minimum Gasteiger partial charge on any atom is -0.0622 e. The second-order valence-electron chi connectivity index (χ2n) is 10.9. The van der Waals surface area contributed by atoms with E-state index >= 15 is 0 Å². The average molecular weight is 849 g/mol. The molecule has 1 aromatic heterocycles. The first-order chi connectivity index (χ1) is 23.2. The fourth-order valence-corrected chi connectivity index (χ4v) is 10.0. The Morgan fingerprint density at radius 1 is 0.574 bits per heavy atom. The van der Waals surface area contributed by atoms with Crippen molar-refractivity contribution in [1.82, 2.24) is 4.98 Å². The summed E-state index contributed by atoms with van der Waals surface area (Å²) in [6, 6.07) is 59.5. The van der Waals surface area contributed by atoms with Crippen LogP contribution in [0.25, 0.3) is 11.3 Å². The number of unbranched alkanes of at least 4 members (excludes halogenated alkanes) is 1. The molecule has 0 unspecified atom stereocenters. The molecule has 241 valence electrons. The van der Waals surface area contributed by atoms with Crippen LogP contribution in [0.4, 0.5) is 0 Å². The van der Waals surface area contributed by atoms with Gasteiger partial charge in [0, 0.05) is 12.2 Å². The van der Waals surface area contributed by atoms with Gasteiger partial charge in [-0.15, -0.1) is 35.4 Å². The van der Waals surface area contributed by atoms with Gasteiger partial charge in [-0.1, -0.05) is 140 Å². The van der Waals surface area contributed by atoms with Gasteiger partial charge in [-0.05, 0) is 74.0 Å². The number of nitrogens with two attached hydrogens (primary N) is 1. The van der Waals surface area contributed by atoms with E-state index < -0.39 is 0 Å². The van der Waals surface area contributed by atoms with Crippen molar-refractivity contribution >= 4 is 46.7 Å². The maximum atomic E-state index is 5.55. The summed E-state index contributed by atoms with van der Waals surface area (Å²) in [5.74, 6) is 0. The van der Waals surface area contributed by atoms with Crippen LogP contribution in [0.3, 0.4) is 0 Å². The van der Waals surface area contributed by atoms with Crippen molar-refractivity contribution in [2.45, 2.75) is 26.3 Å². The predicted molar refractivity (Wildman–Crippen MR) is 204 cm³/mol. The standard InChI is InChI=1S/C28H28P2.C13H13N2.ClH.Os/c1-5-15-25(16-6-1)29(26-17-7-2-8-18-26)23-13-14-24-30(27-19-9-3-10-20-27)28-21-11-4-12-22-28;1-10-5-7-11(8-6-10)13-4-2-3-12(9-14)15-13;;/h1-12,15-22H,13-14,23-24H2;2-7H,9,14H2,1H3;1H;/q;-1;;+1/p-1. The van der Waals surface area contributed by atoms with Crippen LogP contribution in [0.5, 0.6) is 0 Å². The summed E-state index contributed by atoms with van der Waals surface area (Å²) < 4.78 is 0. The molecule has 47 heavy (non-hydrogen) atoms. The fourth-order valence-electron chi connectivity index (χ4n) is 5.19. The zero-order valence-corrected chi connectivity index (χ0v) is 31.8. The Morgan fingerprint density at radius 2 is 1.00 bits per heavy atom. The van der Waals surface area contributed by atoms with Gasteiger partial charge < -0.3 is 5.73 Å². The zero-order valence-electron chi connectivity index (χ0n) is 26.7. The normalized spacial score (nSPS) is 10.5. The van der Waals surface area contributed by atoms with Gasteiger partial charge in [-0.3, -0.25) is 4.98 Å². The molecule has 0 bridgehead atoms. The van der Waals surface area contributed by atoms with Gasteiger partial charge >= 0.3 is 27.2 Å². The summed E-state index contributed by atoms with van der Waals surface area (Å²) in [5, 5.41) is 5.97. The number of benzene rings is 5. The molecule has 2 nitrogen and oxygen atoms in total. The van der Waals surface area contributed by atoms with Gasteiger partial charge in [0.05, 0.1) is 0 Å². The third kappa shape index (κ3) is 11.9. The van der Waals surface area contributed by atoms with E-state index in [1.807, 2.05) is 37.3 Å². The van der Waals surface area contributed by atoms with Gasteiger partial charge in [0.15, 0.2) is 0 Å². The van der Waals surface area contributed by atoms with Gasteiger partial charge in [0.25, 0.3) is 0 Å². The van der Waals surface area contributed by atoms with Gasteiger partial charge in [0.1, 0.15) is 0 Å².